The Hall–Kier alpha value is -5.58. The Labute approximate surface area is 473 Å². The summed E-state index contributed by atoms with van der Waals surface area (Å²) in [7, 11) is -9.66. The van der Waals surface area contributed by atoms with Gasteiger partial charge in [-0.1, -0.05) is 13.0 Å². The normalized spacial score (nSPS) is 12.6. The second-order valence-corrected chi connectivity index (χ2v) is 20.3. The van der Waals surface area contributed by atoms with Gasteiger partial charge in [-0.2, -0.15) is 17.2 Å². The summed E-state index contributed by atoms with van der Waals surface area (Å²) in [4.78, 5) is 45.4. The lowest BCUT2D eigenvalue weighted by molar-refractivity contribution is -0.180. The predicted octanol–water partition coefficient (Wildman–Crippen LogP) is 4.18. The van der Waals surface area contributed by atoms with Crippen LogP contribution in [0.25, 0.3) is 6.08 Å². The molecular formula is C52H70F4N4O20S2. The number of halogens is 4. The topological polar surface area (TPSA) is 304 Å². The third-order valence-electron chi connectivity index (χ3n) is 10.9. The van der Waals surface area contributed by atoms with Crippen molar-refractivity contribution in [1.82, 2.24) is 10.4 Å². The standard InChI is InChI=1S/C52H70F4N4O20S2/c1-3-13-60(79-4-2)52(63)39-34-38-7-10-41(36-42(38)59-43(57)35-39)81(64,65)40-8-5-37(6-9-40)51(62)58-12-15-70-17-19-72-21-23-74-25-27-76-29-31-78-33-32-77-30-28-75-26-24-73-22-20-71-18-16-69-14-11-44(61)80-49-45(53)47(55)50(82(66,67)68)48(56)46(49)54/h5-10,34,36H,3-4,11-33,35H2,1-2H3,(H2,57,59)(H,58,62)(H,66,67,68). The molecule has 458 valence electrons. The van der Waals surface area contributed by atoms with Crippen LogP contribution in [0.5, 0.6) is 5.75 Å². The first kappa shape index (κ1) is 68.9. The number of hydrogen-bond acceptors (Lipinski definition) is 21. The maximum atomic E-state index is 14.0. The van der Waals surface area contributed by atoms with Gasteiger partial charge < -0.3 is 63.2 Å². The van der Waals surface area contributed by atoms with Crippen molar-refractivity contribution >= 4 is 55.3 Å². The molecule has 30 heteroatoms. The van der Waals surface area contributed by atoms with E-state index in [1.54, 1.807) is 19.1 Å². The van der Waals surface area contributed by atoms with E-state index < -0.39 is 72.2 Å². The van der Waals surface area contributed by atoms with E-state index in [9.17, 15) is 48.8 Å². The fraction of sp³-hybridized carbons (Fsp3) is 0.538. The van der Waals surface area contributed by atoms with Crippen molar-refractivity contribution in [2.45, 2.75) is 47.8 Å². The molecule has 0 atom stereocenters. The summed E-state index contributed by atoms with van der Waals surface area (Å²) >= 11 is 0. The zero-order chi connectivity index (χ0) is 59.8. The van der Waals surface area contributed by atoms with Gasteiger partial charge >= 0.3 is 16.1 Å². The number of rotatable bonds is 43. The summed E-state index contributed by atoms with van der Waals surface area (Å²) in [6, 6.07) is 9.98. The van der Waals surface area contributed by atoms with Crippen LogP contribution in [-0.2, 0) is 81.8 Å². The van der Waals surface area contributed by atoms with Crippen LogP contribution in [0.3, 0.4) is 0 Å². The van der Waals surface area contributed by atoms with Crippen LogP contribution in [0.1, 0.15) is 49.0 Å². The van der Waals surface area contributed by atoms with Gasteiger partial charge in [0.1, 0.15) is 5.84 Å². The third kappa shape index (κ3) is 24.0. The summed E-state index contributed by atoms with van der Waals surface area (Å²) in [6.45, 7) is 10.1. The van der Waals surface area contributed by atoms with E-state index in [1.807, 2.05) is 6.92 Å². The largest absolute Gasteiger partial charge is 0.420 e. The highest BCUT2D eigenvalue weighted by atomic mass is 32.2. The lowest BCUT2D eigenvalue weighted by Gasteiger charge is -2.21. The Morgan fingerprint density at radius 1 is 0.622 bits per heavy atom. The van der Waals surface area contributed by atoms with Crippen molar-refractivity contribution in [2.75, 3.05) is 152 Å². The summed E-state index contributed by atoms with van der Waals surface area (Å²) in [5.41, 5.74) is 7.61. The number of sulfone groups is 1. The smallest absolute Gasteiger partial charge is 0.313 e. The zero-order valence-corrected chi connectivity index (χ0v) is 47.1. The van der Waals surface area contributed by atoms with Gasteiger partial charge in [0.2, 0.25) is 27.2 Å². The molecule has 4 rings (SSSR count). The minimum absolute atomic E-state index is 0.00997. The SMILES string of the molecule is CCCN(OCC)C(=O)C1=Cc2ccc(S(=O)(=O)c3ccc(C(=O)NCCOCCOCCOCCOCCOCCOCCOCCOCCOCCOCCC(=O)Oc4c(F)c(F)c(S(=O)(=O)O)c(F)c4F)cc3)cc2N=C(N)C1. The molecule has 4 N–H and O–H groups in total. The zero-order valence-electron chi connectivity index (χ0n) is 45.5. The molecule has 2 amide bonds. The molecule has 1 aliphatic rings. The maximum absolute atomic E-state index is 14.0. The Balaban J connectivity index is 0.883. The molecule has 3 aromatic rings. The van der Waals surface area contributed by atoms with E-state index in [0.29, 0.717) is 129 Å². The number of hydroxylamine groups is 2. The number of benzene rings is 3. The quantitative estimate of drug-likeness (QED) is 0.0136. The molecular weight excluding hydrogens is 1140 g/mol. The Kier molecular flexibility index (Phi) is 31.6. The highest BCUT2D eigenvalue weighted by Gasteiger charge is 2.34. The molecule has 1 aliphatic heterocycles. The number of amidine groups is 1. The molecule has 0 unspecified atom stereocenters. The van der Waals surface area contributed by atoms with Crippen LogP contribution in [0.15, 0.2) is 67.7 Å². The van der Waals surface area contributed by atoms with Gasteiger partial charge in [-0.15, -0.1) is 0 Å². The molecule has 0 fully saturated rings. The van der Waals surface area contributed by atoms with Crippen LogP contribution < -0.4 is 15.8 Å². The molecule has 0 bridgehead atoms. The Morgan fingerprint density at radius 2 is 1.06 bits per heavy atom. The summed E-state index contributed by atoms with van der Waals surface area (Å²) in [6.07, 6.45) is 1.81. The summed E-state index contributed by atoms with van der Waals surface area (Å²) in [5, 5.41) is 4.03. The Morgan fingerprint density at radius 3 is 1.50 bits per heavy atom. The van der Waals surface area contributed by atoms with Crippen molar-refractivity contribution < 1.29 is 110 Å². The lowest BCUT2D eigenvalue weighted by Crippen LogP contribution is -2.34. The van der Waals surface area contributed by atoms with Gasteiger partial charge in [-0.3, -0.25) is 23.8 Å². The second-order valence-electron chi connectivity index (χ2n) is 17.0. The van der Waals surface area contributed by atoms with E-state index in [4.69, 9.17) is 62.5 Å². The number of amides is 2. The lowest BCUT2D eigenvalue weighted by atomic mass is 10.1. The summed E-state index contributed by atoms with van der Waals surface area (Å²) in [5.74, 6) is -13.3. The van der Waals surface area contributed by atoms with Gasteiger partial charge in [-0.25, -0.2) is 27.3 Å². The Bertz CT molecular complexity index is 2740. The fourth-order valence-electron chi connectivity index (χ4n) is 6.99. The first-order valence-corrected chi connectivity index (χ1v) is 28.9. The molecule has 0 radical (unpaired) electrons. The van der Waals surface area contributed by atoms with Crippen molar-refractivity contribution in [1.29, 1.82) is 0 Å². The van der Waals surface area contributed by atoms with Crippen molar-refractivity contribution in [3.8, 4) is 5.75 Å². The highest BCUT2D eigenvalue weighted by molar-refractivity contribution is 7.91. The van der Waals surface area contributed by atoms with Crippen LogP contribution in [0.4, 0.5) is 23.2 Å². The molecule has 0 saturated heterocycles. The monoisotopic (exact) mass is 1210 g/mol. The van der Waals surface area contributed by atoms with E-state index in [1.165, 1.54) is 41.5 Å². The minimum Gasteiger partial charge on any atom is -0.420 e. The first-order valence-electron chi connectivity index (χ1n) is 26.0. The van der Waals surface area contributed by atoms with Crippen molar-refractivity contribution in [3.63, 3.8) is 0 Å². The number of carbonyl (C=O) groups excluding carboxylic acids is 3. The van der Waals surface area contributed by atoms with Crippen LogP contribution >= 0.6 is 0 Å². The molecule has 1 heterocycles. The predicted molar refractivity (Wildman–Crippen MR) is 283 cm³/mol. The minimum atomic E-state index is -5.65. The molecule has 0 aliphatic carbocycles. The van der Waals surface area contributed by atoms with Gasteiger partial charge in [0.05, 0.1) is 161 Å². The number of esters is 1. The number of carbonyl (C=O) groups is 3. The average Bonchev–Trinajstić information content (AvgIpc) is 2.80. The maximum Gasteiger partial charge on any atom is 0.313 e. The first-order chi connectivity index (χ1) is 39.4. The van der Waals surface area contributed by atoms with E-state index in [-0.39, 0.29) is 79.7 Å². The van der Waals surface area contributed by atoms with Gasteiger partial charge in [0, 0.05) is 36.2 Å². The number of hydrogen-bond donors (Lipinski definition) is 3. The molecule has 82 heavy (non-hydrogen) atoms. The van der Waals surface area contributed by atoms with Gasteiger partial charge in [0.25, 0.3) is 11.8 Å². The molecule has 0 spiro atoms. The third-order valence-corrected chi connectivity index (χ3v) is 13.5. The number of nitrogens with two attached hydrogens (primary N) is 1. The number of ether oxygens (including phenoxy) is 11. The number of fused-ring (bicyclic) bond motifs is 1. The number of nitrogens with zero attached hydrogens (tertiary/aromatic N) is 2. The van der Waals surface area contributed by atoms with E-state index in [2.05, 4.69) is 15.0 Å². The molecule has 0 aromatic heterocycles. The number of nitrogens with one attached hydrogen (secondary N) is 1. The van der Waals surface area contributed by atoms with Crippen LogP contribution in [0.2, 0.25) is 0 Å². The number of aliphatic imine (C=N–C) groups is 1. The molecule has 24 nitrogen and oxygen atoms in total. The van der Waals surface area contributed by atoms with Crippen molar-refractivity contribution in [2.24, 2.45) is 10.7 Å². The average molecular weight is 1210 g/mol. The van der Waals surface area contributed by atoms with E-state index in [0.717, 1.165) is 0 Å². The summed E-state index contributed by atoms with van der Waals surface area (Å²) < 4.78 is 172. The highest BCUT2D eigenvalue weighted by Crippen LogP contribution is 2.34. The molecule has 0 saturated carbocycles. The van der Waals surface area contributed by atoms with Crippen molar-refractivity contribution in [3.05, 3.63) is 82.4 Å². The molecule has 3 aromatic carbocycles. The van der Waals surface area contributed by atoms with E-state index >= 15 is 0 Å². The van der Waals surface area contributed by atoms with Gasteiger partial charge in [-0.05, 0) is 55.8 Å². The second kappa shape index (κ2) is 37.6. The fourth-order valence-corrected chi connectivity index (χ4v) is 8.90. The van der Waals surface area contributed by atoms with Crippen LogP contribution in [-0.4, -0.2) is 202 Å². The van der Waals surface area contributed by atoms with Crippen LogP contribution in [0, 0.1) is 23.3 Å². The van der Waals surface area contributed by atoms with Gasteiger partial charge in [0.15, 0.2) is 16.5 Å².